The van der Waals surface area contributed by atoms with Gasteiger partial charge in [-0.2, -0.15) is 0 Å². The number of hydrogen-bond acceptors (Lipinski definition) is 2. The average molecular weight is 183 g/mol. The molecule has 0 bridgehead atoms. The minimum atomic E-state index is -1.41. The van der Waals surface area contributed by atoms with Crippen LogP contribution >= 0.6 is 0 Å². The fourth-order valence-corrected chi connectivity index (χ4v) is 1.35. The summed E-state index contributed by atoms with van der Waals surface area (Å²) in [5.74, 6) is -1.92. The van der Waals surface area contributed by atoms with Crippen LogP contribution in [0.5, 0.6) is 0 Å². The Morgan fingerprint density at radius 2 is 2.23 bits per heavy atom. The Hall–Kier alpha value is -1.32. The third-order valence-electron chi connectivity index (χ3n) is 2.12. The summed E-state index contributed by atoms with van der Waals surface area (Å²) < 4.78 is 0. The standard InChI is InChI=1S/C9H13NO3/c11-8(9(12)13)10-6-7-4-2-1-3-5-7/h1-2,7H,3-6H2,(H,10,11)(H,12,13). The van der Waals surface area contributed by atoms with Crippen molar-refractivity contribution in [2.24, 2.45) is 5.92 Å². The van der Waals surface area contributed by atoms with Crippen molar-refractivity contribution in [2.75, 3.05) is 6.54 Å². The Morgan fingerprint density at radius 1 is 1.46 bits per heavy atom. The van der Waals surface area contributed by atoms with Gasteiger partial charge in [0.1, 0.15) is 0 Å². The zero-order valence-electron chi connectivity index (χ0n) is 7.32. The SMILES string of the molecule is O=C(O)C(=O)NCC1CC=CCC1. The summed E-state index contributed by atoms with van der Waals surface area (Å²) in [5, 5.41) is 10.7. The van der Waals surface area contributed by atoms with Crippen LogP contribution in [0, 0.1) is 5.92 Å². The molecule has 13 heavy (non-hydrogen) atoms. The van der Waals surface area contributed by atoms with E-state index in [1.807, 2.05) is 0 Å². The number of carbonyl (C=O) groups is 2. The lowest BCUT2D eigenvalue weighted by Gasteiger charge is -2.17. The van der Waals surface area contributed by atoms with Crippen molar-refractivity contribution in [2.45, 2.75) is 19.3 Å². The topological polar surface area (TPSA) is 66.4 Å². The van der Waals surface area contributed by atoms with Crippen LogP contribution < -0.4 is 5.32 Å². The van der Waals surface area contributed by atoms with Crippen LogP contribution in [0.4, 0.5) is 0 Å². The lowest BCUT2D eigenvalue weighted by atomic mass is 9.94. The van der Waals surface area contributed by atoms with Crippen molar-refractivity contribution in [3.8, 4) is 0 Å². The highest BCUT2D eigenvalue weighted by atomic mass is 16.4. The van der Waals surface area contributed by atoms with E-state index in [1.54, 1.807) is 0 Å². The number of aliphatic carboxylic acids is 1. The van der Waals surface area contributed by atoms with Gasteiger partial charge < -0.3 is 10.4 Å². The van der Waals surface area contributed by atoms with Crippen molar-refractivity contribution in [1.29, 1.82) is 0 Å². The average Bonchev–Trinajstić information content (AvgIpc) is 2.15. The van der Waals surface area contributed by atoms with Gasteiger partial charge in [0.25, 0.3) is 0 Å². The molecule has 0 aromatic carbocycles. The van der Waals surface area contributed by atoms with Gasteiger partial charge in [-0.05, 0) is 25.2 Å². The molecule has 1 aliphatic rings. The number of rotatable bonds is 2. The molecule has 0 saturated heterocycles. The molecule has 1 aliphatic carbocycles. The quantitative estimate of drug-likeness (QED) is 0.485. The van der Waals surface area contributed by atoms with Crippen LogP contribution in [0.1, 0.15) is 19.3 Å². The molecule has 2 N–H and O–H groups in total. The molecule has 0 aromatic heterocycles. The first-order valence-corrected chi connectivity index (χ1v) is 4.36. The van der Waals surface area contributed by atoms with Gasteiger partial charge >= 0.3 is 11.9 Å². The van der Waals surface area contributed by atoms with Gasteiger partial charge in [-0.3, -0.25) is 4.79 Å². The normalized spacial score (nSPS) is 21.1. The van der Waals surface area contributed by atoms with Crippen molar-refractivity contribution in [1.82, 2.24) is 5.32 Å². The van der Waals surface area contributed by atoms with Crippen LogP contribution in [0.3, 0.4) is 0 Å². The van der Waals surface area contributed by atoms with Gasteiger partial charge in [-0.25, -0.2) is 4.79 Å². The summed E-state index contributed by atoms with van der Waals surface area (Å²) in [5.41, 5.74) is 0. The van der Waals surface area contributed by atoms with E-state index >= 15 is 0 Å². The van der Waals surface area contributed by atoms with Crippen LogP contribution in [-0.4, -0.2) is 23.5 Å². The monoisotopic (exact) mass is 183 g/mol. The van der Waals surface area contributed by atoms with Crippen LogP contribution in [0.25, 0.3) is 0 Å². The van der Waals surface area contributed by atoms with E-state index in [1.165, 1.54) is 0 Å². The van der Waals surface area contributed by atoms with Gasteiger partial charge in [-0.15, -0.1) is 0 Å². The summed E-state index contributed by atoms with van der Waals surface area (Å²) in [6, 6.07) is 0. The molecule has 0 saturated carbocycles. The second kappa shape index (κ2) is 4.64. The third-order valence-corrected chi connectivity index (χ3v) is 2.12. The lowest BCUT2D eigenvalue weighted by Crippen LogP contribution is -2.34. The zero-order valence-corrected chi connectivity index (χ0v) is 7.32. The molecule has 0 radical (unpaired) electrons. The second-order valence-electron chi connectivity index (χ2n) is 3.17. The molecule has 4 nitrogen and oxygen atoms in total. The highest BCUT2D eigenvalue weighted by Gasteiger charge is 2.14. The van der Waals surface area contributed by atoms with Crippen LogP contribution in [-0.2, 0) is 9.59 Å². The predicted octanol–water partition coefficient (Wildman–Crippen LogP) is 0.543. The Balaban J connectivity index is 2.22. The summed E-state index contributed by atoms with van der Waals surface area (Å²) in [6.07, 6.45) is 7.15. The maximum Gasteiger partial charge on any atom is 0.394 e. The van der Waals surface area contributed by atoms with Gasteiger partial charge in [0.15, 0.2) is 0 Å². The van der Waals surface area contributed by atoms with E-state index < -0.39 is 11.9 Å². The van der Waals surface area contributed by atoms with Crippen LogP contribution in [0.2, 0.25) is 0 Å². The molecule has 1 rings (SSSR count). The number of amides is 1. The zero-order chi connectivity index (χ0) is 9.68. The molecular formula is C9H13NO3. The summed E-state index contributed by atoms with van der Waals surface area (Å²) in [4.78, 5) is 20.8. The highest BCUT2D eigenvalue weighted by molar-refractivity contribution is 6.31. The molecule has 0 spiro atoms. The fraction of sp³-hybridized carbons (Fsp3) is 0.556. The smallest absolute Gasteiger partial charge is 0.394 e. The van der Waals surface area contributed by atoms with E-state index in [0.29, 0.717) is 12.5 Å². The number of carboxylic acids is 1. The van der Waals surface area contributed by atoms with Gasteiger partial charge in [0, 0.05) is 6.54 Å². The maximum absolute atomic E-state index is 10.7. The lowest BCUT2D eigenvalue weighted by molar-refractivity contribution is -0.150. The molecular weight excluding hydrogens is 170 g/mol. The molecule has 1 amide bonds. The molecule has 0 aromatic rings. The number of allylic oxidation sites excluding steroid dienone is 2. The first kappa shape index (κ1) is 9.77. The largest absolute Gasteiger partial charge is 0.474 e. The minimum Gasteiger partial charge on any atom is -0.474 e. The summed E-state index contributed by atoms with van der Waals surface area (Å²) in [7, 11) is 0. The van der Waals surface area contributed by atoms with E-state index in [2.05, 4.69) is 17.5 Å². The Bertz CT molecular complexity index is 235. The van der Waals surface area contributed by atoms with E-state index in [9.17, 15) is 9.59 Å². The Morgan fingerprint density at radius 3 is 2.77 bits per heavy atom. The summed E-state index contributed by atoms with van der Waals surface area (Å²) >= 11 is 0. The number of nitrogens with one attached hydrogen (secondary N) is 1. The maximum atomic E-state index is 10.7. The Labute approximate surface area is 76.6 Å². The first-order valence-electron chi connectivity index (χ1n) is 4.36. The molecule has 1 unspecified atom stereocenters. The van der Waals surface area contributed by atoms with Crippen molar-refractivity contribution in [3.05, 3.63) is 12.2 Å². The second-order valence-corrected chi connectivity index (χ2v) is 3.17. The van der Waals surface area contributed by atoms with E-state index in [4.69, 9.17) is 5.11 Å². The van der Waals surface area contributed by atoms with Gasteiger partial charge in [0.05, 0.1) is 0 Å². The molecule has 0 heterocycles. The number of hydrogen-bond donors (Lipinski definition) is 2. The predicted molar refractivity (Wildman–Crippen MR) is 47.1 cm³/mol. The third kappa shape index (κ3) is 3.27. The van der Waals surface area contributed by atoms with Gasteiger partial charge in [-0.1, -0.05) is 12.2 Å². The molecule has 0 aliphatic heterocycles. The number of carbonyl (C=O) groups excluding carboxylic acids is 1. The van der Waals surface area contributed by atoms with Crippen molar-refractivity contribution < 1.29 is 14.7 Å². The minimum absolute atomic E-state index is 0.397. The molecule has 72 valence electrons. The van der Waals surface area contributed by atoms with Crippen molar-refractivity contribution >= 4 is 11.9 Å². The molecule has 1 atom stereocenters. The Kier molecular flexibility index (Phi) is 3.49. The first-order chi connectivity index (χ1) is 6.20. The molecule has 0 fully saturated rings. The highest BCUT2D eigenvalue weighted by Crippen LogP contribution is 2.16. The van der Waals surface area contributed by atoms with Crippen molar-refractivity contribution in [3.63, 3.8) is 0 Å². The van der Waals surface area contributed by atoms with Gasteiger partial charge in [0.2, 0.25) is 0 Å². The van der Waals surface area contributed by atoms with E-state index in [-0.39, 0.29) is 0 Å². The number of carboxylic acid groups (broad SMARTS) is 1. The summed E-state index contributed by atoms with van der Waals surface area (Å²) in [6.45, 7) is 0.468. The van der Waals surface area contributed by atoms with E-state index in [0.717, 1.165) is 19.3 Å². The fourth-order valence-electron chi connectivity index (χ4n) is 1.35. The molecule has 4 heteroatoms. The van der Waals surface area contributed by atoms with Crippen LogP contribution in [0.15, 0.2) is 12.2 Å².